The van der Waals surface area contributed by atoms with Crippen molar-refractivity contribution in [3.8, 4) is 0 Å². The third-order valence-electron chi connectivity index (χ3n) is 1.46. The van der Waals surface area contributed by atoms with Crippen molar-refractivity contribution in [1.82, 2.24) is 0 Å². The standard InChI is InChI=1S/C8H14F3O5P/c1-4-14-7(12)6(8(9,10)11)16-17(3,13)15-5-2/h6H,4-5H2,1-3H3. The van der Waals surface area contributed by atoms with E-state index in [9.17, 15) is 22.5 Å². The average molecular weight is 278 g/mol. The zero-order valence-electron chi connectivity index (χ0n) is 9.61. The SMILES string of the molecule is CCOC(=O)C(OP(C)(=O)OCC)C(F)(F)F. The van der Waals surface area contributed by atoms with Crippen molar-refractivity contribution >= 4 is 13.6 Å². The molecule has 0 aliphatic carbocycles. The van der Waals surface area contributed by atoms with Crippen LogP contribution in [0.2, 0.25) is 0 Å². The van der Waals surface area contributed by atoms with E-state index >= 15 is 0 Å². The highest BCUT2D eigenvalue weighted by atomic mass is 31.2. The lowest BCUT2D eigenvalue weighted by Crippen LogP contribution is -2.39. The Hall–Kier alpha value is -0.590. The average Bonchev–Trinajstić information content (AvgIpc) is 2.12. The van der Waals surface area contributed by atoms with E-state index in [0.29, 0.717) is 0 Å². The molecule has 0 aromatic rings. The van der Waals surface area contributed by atoms with Gasteiger partial charge in [-0.15, -0.1) is 0 Å². The molecule has 17 heavy (non-hydrogen) atoms. The van der Waals surface area contributed by atoms with Crippen molar-refractivity contribution in [3.05, 3.63) is 0 Å². The molecule has 0 heterocycles. The summed E-state index contributed by atoms with van der Waals surface area (Å²) in [7, 11) is -3.94. The van der Waals surface area contributed by atoms with Crippen LogP contribution in [0, 0.1) is 0 Å². The Bertz CT molecular complexity index is 304. The van der Waals surface area contributed by atoms with E-state index in [1.807, 2.05) is 0 Å². The molecule has 0 fully saturated rings. The number of halogens is 3. The number of carbonyl (C=O) groups excluding carboxylic acids is 1. The molecular formula is C8H14F3O5P. The van der Waals surface area contributed by atoms with Crippen LogP contribution in [0.5, 0.6) is 0 Å². The first-order valence-corrected chi connectivity index (χ1v) is 6.76. The summed E-state index contributed by atoms with van der Waals surface area (Å²) in [6.45, 7) is 3.30. The molecule has 5 nitrogen and oxygen atoms in total. The number of esters is 1. The quantitative estimate of drug-likeness (QED) is 0.551. The summed E-state index contributed by atoms with van der Waals surface area (Å²) in [4.78, 5) is 11.0. The lowest BCUT2D eigenvalue weighted by molar-refractivity contribution is -0.212. The van der Waals surface area contributed by atoms with Crippen molar-refractivity contribution in [1.29, 1.82) is 0 Å². The largest absolute Gasteiger partial charge is 0.464 e. The Morgan fingerprint density at radius 2 is 1.82 bits per heavy atom. The van der Waals surface area contributed by atoms with Gasteiger partial charge in [0.05, 0.1) is 13.2 Å². The fraction of sp³-hybridized carbons (Fsp3) is 0.875. The molecule has 0 rings (SSSR count). The normalized spacial score (nSPS) is 17.3. The van der Waals surface area contributed by atoms with Gasteiger partial charge in [0.25, 0.3) is 6.10 Å². The monoisotopic (exact) mass is 278 g/mol. The van der Waals surface area contributed by atoms with Gasteiger partial charge in [0.2, 0.25) is 0 Å². The number of alkyl halides is 3. The minimum atomic E-state index is -5.00. The zero-order valence-corrected chi connectivity index (χ0v) is 10.5. The first-order chi connectivity index (χ1) is 7.64. The highest BCUT2D eigenvalue weighted by Gasteiger charge is 2.50. The van der Waals surface area contributed by atoms with E-state index in [1.54, 1.807) is 0 Å². The zero-order chi connectivity index (χ0) is 13.7. The van der Waals surface area contributed by atoms with E-state index in [2.05, 4.69) is 13.8 Å². The van der Waals surface area contributed by atoms with E-state index in [0.717, 1.165) is 6.66 Å². The van der Waals surface area contributed by atoms with Gasteiger partial charge in [0.15, 0.2) is 0 Å². The van der Waals surface area contributed by atoms with Crippen LogP contribution in [0.25, 0.3) is 0 Å². The minimum Gasteiger partial charge on any atom is -0.464 e. The molecule has 0 spiro atoms. The molecule has 2 unspecified atom stereocenters. The van der Waals surface area contributed by atoms with Crippen molar-refractivity contribution in [3.63, 3.8) is 0 Å². The van der Waals surface area contributed by atoms with E-state index in [4.69, 9.17) is 0 Å². The first kappa shape index (κ1) is 16.4. The predicted octanol–water partition coefficient (Wildman–Crippen LogP) is 2.36. The number of carbonyl (C=O) groups is 1. The Morgan fingerprint density at radius 3 is 2.18 bits per heavy atom. The smallest absolute Gasteiger partial charge is 0.426 e. The first-order valence-electron chi connectivity index (χ1n) is 4.77. The summed E-state index contributed by atoms with van der Waals surface area (Å²) < 4.78 is 61.7. The highest BCUT2D eigenvalue weighted by molar-refractivity contribution is 7.53. The molecule has 102 valence electrons. The second-order valence-electron chi connectivity index (χ2n) is 2.97. The number of hydrogen-bond acceptors (Lipinski definition) is 5. The van der Waals surface area contributed by atoms with Gasteiger partial charge >= 0.3 is 19.7 Å². The molecule has 2 atom stereocenters. The highest BCUT2D eigenvalue weighted by Crippen LogP contribution is 2.47. The Labute approximate surface area is 96.8 Å². The number of rotatable bonds is 6. The molecule has 0 aromatic carbocycles. The van der Waals surface area contributed by atoms with Crippen LogP contribution < -0.4 is 0 Å². The fourth-order valence-corrected chi connectivity index (χ4v) is 2.03. The van der Waals surface area contributed by atoms with E-state index < -0.39 is 25.8 Å². The lowest BCUT2D eigenvalue weighted by Gasteiger charge is -2.22. The summed E-state index contributed by atoms with van der Waals surface area (Å²) in [5.41, 5.74) is 0. The summed E-state index contributed by atoms with van der Waals surface area (Å²) >= 11 is 0. The molecule has 0 saturated heterocycles. The van der Waals surface area contributed by atoms with Crippen LogP contribution in [-0.2, 0) is 23.1 Å². The van der Waals surface area contributed by atoms with Gasteiger partial charge in [-0.2, -0.15) is 13.2 Å². The van der Waals surface area contributed by atoms with Gasteiger partial charge in [-0.1, -0.05) is 0 Å². The maximum absolute atomic E-state index is 12.5. The maximum atomic E-state index is 12.5. The van der Waals surface area contributed by atoms with Crippen molar-refractivity contribution in [2.75, 3.05) is 19.9 Å². The van der Waals surface area contributed by atoms with Crippen LogP contribution in [0.4, 0.5) is 13.2 Å². The second-order valence-corrected chi connectivity index (χ2v) is 4.98. The molecule has 0 aliphatic rings. The summed E-state index contributed by atoms with van der Waals surface area (Å²) in [6, 6.07) is 0. The number of hydrogen-bond donors (Lipinski definition) is 0. The van der Waals surface area contributed by atoms with E-state index in [1.165, 1.54) is 13.8 Å². The van der Waals surface area contributed by atoms with Crippen LogP contribution in [0.1, 0.15) is 13.8 Å². The van der Waals surface area contributed by atoms with Crippen molar-refractivity contribution < 1.29 is 36.3 Å². The van der Waals surface area contributed by atoms with Crippen LogP contribution in [-0.4, -0.2) is 38.1 Å². The van der Waals surface area contributed by atoms with Crippen LogP contribution in [0.15, 0.2) is 0 Å². The Kier molecular flexibility index (Phi) is 6.15. The van der Waals surface area contributed by atoms with Crippen LogP contribution in [0.3, 0.4) is 0 Å². The maximum Gasteiger partial charge on any atom is 0.426 e. The van der Waals surface area contributed by atoms with Gasteiger partial charge in [-0.05, 0) is 13.8 Å². The third kappa shape index (κ3) is 6.05. The van der Waals surface area contributed by atoms with Crippen molar-refractivity contribution in [2.45, 2.75) is 26.1 Å². The fourth-order valence-electron chi connectivity index (χ4n) is 0.911. The topological polar surface area (TPSA) is 61.8 Å². The van der Waals surface area contributed by atoms with E-state index in [-0.39, 0.29) is 13.2 Å². The minimum absolute atomic E-state index is 0.0961. The molecule has 0 bridgehead atoms. The lowest BCUT2D eigenvalue weighted by atomic mass is 10.3. The molecule has 0 N–H and O–H groups in total. The summed E-state index contributed by atoms with van der Waals surface area (Å²) in [5, 5.41) is 0. The summed E-state index contributed by atoms with van der Waals surface area (Å²) in [5.74, 6) is -1.64. The van der Waals surface area contributed by atoms with Crippen molar-refractivity contribution in [2.24, 2.45) is 0 Å². The molecule has 0 aliphatic heterocycles. The second kappa shape index (κ2) is 6.37. The van der Waals surface area contributed by atoms with Gasteiger partial charge in [-0.25, -0.2) is 4.79 Å². The third-order valence-corrected chi connectivity index (χ3v) is 2.78. The van der Waals surface area contributed by atoms with Gasteiger partial charge < -0.3 is 9.26 Å². The molecule has 0 radical (unpaired) electrons. The molecule has 0 amide bonds. The van der Waals surface area contributed by atoms with Crippen LogP contribution >= 0.6 is 7.60 Å². The van der Waals surface area contributed by atoms with Gasteiger partial charge in [0.1, 0.15) is 0 Å². The molecule has 0 aromatic heterocycles. The predicted molar refractivity (Wildman–Crippen MR) is 52.7 cm³/mol. The number of ether oxygens (including phenoxy) is 1. The summed E-state index contributed by atoms with van der Waals surface area (Å²) in [6.07, 6.45) is -7.90. The Balaban J connectivity index is 4.84. The van der Waals surface area contributed by atoms with Gasteiger partial charge in [0, 0.05) is 6.66 Å². The van der Waals surface area contributed by atoms with Gasteiger partial charge in [-0.3, -0.25) is 9.09 Å². The molecule has 0 saturated carbocycles. The molecular weight excluding hydrogens is 264 g/mol. The molecule has 9 heteroatoms. The Morgan fingerprint density at radius 1 is 1.29 bits per heavy atom.